The van der Waals surface area contributed by atoms with Gasteiger partial charge in [0.25, 0.3) is 0 Å². The molecule has 3 rings (SSSR count). The van der Waals surface area contributed by atoms with E-state index in [-0.39, 0.29) is 36.4 Å². The summed E-state index contributed by atoms with van der Waals surface area (Å²) in [6.45, 7) is 1.38. The van der Waals surface area contributed by atoms with E-state index >= 15 is 0 Å². The molecule has 1 aromatic rings. The quantitative estimate of drug-likeness (QED) is 0.913. The molecule has 1 saturated carbocycles. The first kappa shape index (κ1) is 17.3. The van der Waals surface area contributed by atoms with Gasteiger partial charge in [-0.15, -0.1) is 0 Å². The number of fused-ring (bicyclic) bond motifs is 1. The molecule has 1 N–H and O–H groups in total. The van der Waals surface area contributed by atoms with Crippen LogP contribution >= 0.6 is 0 Å². The summed E-state index contributed by atoms with van der Waals surface area (Å²) in [4.78, 5) is 14.3. The molecule has 1 aromatic carbocycles. The Morgan fingerprint density at radius 3 is 3.00 bits per heavy atom. The molecule has 3 atom stereocenters. The van der Waals surface area contributed by atoms with Gasteiger partial charge in [0, 0.05) is 25.8 Å². The lowest BCUT2D eigenvalue weighted by atomic mass is 9.88. The molecule has 1 amide bonds. The zero-order chi connectivity index (χ0) is 17.1. The van der Waals surface area contributed by atoms with Gasteiger partial charge in [-0.2, -0.15) is 0 Å². The fraction of sp³-hybridized carbons (Fsp3) is 0.588. The lowest BCUT2D eigenvalue weighted by Gasteiger charge is -2.45. The number of nitrogens with one attached hydrogen (secondary N) is 1. The Bertz CT molecular complexity index is 599. The first-order chi connectivity index (χ1) is 11.6. The molecule has 2 aliphatic rings. The van der Waals surface area contributed by atoms with Crippen molar-refractivity contribution in [1.29, 1.82) is 0 Å². The molecule has 1 heterocycles. The van der Waals surface area contributed by atoms with E-state index in [0.717, 1.165) is 31.4 Å². The van der Waals surface area contributed by atoms with Crippen molar-refractivity contribution in [2.45, 2.75) is 37.5 Å². The van der Waals surface area contributed by atoms with E-state index in [1.165, 1.54) is 6.07 Å². The molecule has 3 unspecified atom stereocenters. The molecular formula is C17H22F2N2O3. The number of ether oxygens (including phenoxy) is 2. The second kappa shape index (κ2) is 7.55. The van der Waals surface area contributed by atoms with Crippen LogP contribution in [0.3, 0.4) is 0 Å². The summed E-state index contributed by atoms with van der Waals surface area (Å²) in [5, 5.41) is 2.51. The van der Waals surface area contributed by atoms with Crippen LogP contribution in [0.15, 0.2) is 18.2 Å². The normalized spacial score (nSPS) is 27.5. The third-order valence-corrected chi connectivity index (χ3v) is 4.77. The highest BCUT2D eigenvalue weighted by Gasteiger charge is 2.38. The summed E-state index contributed by atoms with van der Waals surface area (Å²) >= 11 is 0. The Kier molecular flexibility index (Phi) is 5.43. The number of hydrogen-bond donors (Lipinski definition) is 1. The third-order valence-electron chi connectivity index (χ3n) is 4.77. The molecule has 1 saturated heterocycles. The standard InChI is InChI=1S/C17H22F2N2O3/c1-23-12-3-5-16-15(9-12)21(6-7-24-16)10-17(22)20-14-4-2-11(18)8-13(14)19/h2,4,8,12,15-16H,3,5-7,9-10H2,1H3,(H,20,22). The van der Waals surface area contributed by atoms with Crippen molar-refractivity contribution < 1.29 is 23.0 Å². The lowest BCUT2D eigenvalue weighted by Crippen LogP contribution is -2.56. The van der Waals surface area contributed by atoms with Crippen LogP contribution in [0, 0.1) is 11.6 Å². The number of amides is 1. The maximum atomic E-state index is 13.7. The van der Waals surface area contributed by atoms with Gasteiger partial charge in [0.1, 0.15) is 11.6 Å². The van der Waals surface area contributed by atoms with Crippen LogP contribution in [0.2, 0.25) is 0 Å². The molecular weight excluding hydrogens is 318 g/mol. The van der Waals surface area contributed by atoms with E-state index in [0.29, 0.717) is 13.2 Å². The number of carbonyl (C=O) groups excluding carboxylic acids is 1. The summed E-state index contributed by atoms with van der Waals surface area (Å²) in [5.74, 6) is -1.77. The van der Waals surface area contributed by atoms with Crippen molar-refractivity contribution in [3.63, 3.8) is 0 Å². The predicted octanol–water partition coefficient (Wildman–Crippen LogP) is 2.17. The van der Waals surface area contributed by atoms with Crippen LogP contribution < -0.4 is 5.32 Å². The smallest absolute Gasteiger partial charge is 0.238 e. The van der Waals surface area contributed by atoms with E-state index in [1.54, 1.807) is 7.11 Å². The van der Waals surface area contributed by atoms with Crippen LogP contribution in [0.25, 0.3) is 0 Å². The Morgan fingerprint density at radius 1 is 1.42 bits per heavy atom. The third kappa shape index (κ3) is 3.91. The van der Waals surface area contributed by atoms with Crippen LogP contribution in [-0.4, -0.2) is 55.9 Å². The number of morpholine rings is 1. The molecule has 132 valence electrons. The number of nitrogens with zero attached hydrogens (tertiary/aromatic N) is 1. The number of carbonyl (C=O) groups is 1. The number of hydrogen-bond acceptors (Lipinski definition) is 4. The minimum absolute atomic E-state index is 0.00961. The van der Waals surface area contributed by atoms with Crippen LogP contribution in [0.1, 0.15) is 19.3 Å². The van der Waals surface area contributed by atoms with Gasteiger partial charge < -0.3 is 14.8 Å². The molecule has 7 heteroatoms. The van der Waals surface area contributed by atoms with Crippen LogP contribution in [0.5, 0.6) is 0 Å². The van der Waals surface area contributed by atoms with Gasteiger partial charge in [-0.3, -0.25) is 9.69 Å². The van der Waals surface area contributed by atoms with Crippen molar-refractivity contribution in [3.8, 4) is 0 Å². The van der Waals surface area contributed by atoms with Crippen molar-refractivity contribution in [1.82, 2.24) is 4.90 Å². The van der Waals surface area contributed by atoms with Gasteiger partial charge in [-0.25, -0.2) is 8.78 Å². The second-order valence-electron chi connectivity index (χ2n) is 6.29. The van der Waals surface area contributed by atoms with Gasteiger partial charge in [0.15, 0.2) is 0 Å². The first-order valence-electron chi connectivity index (χ1n) is 8.20. The Hall–Kier alpha value is -1.57. The monoisotopic (exact) mass is 340 g/mol. The van der Waals surface area contributed by atoms with Crippen molar-refractivity contribution in [3.05, 3.63) is 29.8 Å². The van der Waals surface area contributed by atoms with Crippen LogP contribution in [0.4, 0.5) is 14.5 Å². The SMILES string of the molecule is COC1CCC2OCCN(CC(=O)Nc3ccc(F)cc3F)C2C1. The fourth-order valence-electron chi connectivity index (χ4n) is 3.52. The Morgan fingerprint density at radius 2 is 2.25 bits per heavy atom. The summed E-state index contributed by atoms with van der Waals surface area (Å²) < 4.78 is 37.8. The highest BCUT2D eigenvalue weighted by Crippen LogP contribution is 2.30. The minimum Gasteiger partial charge on any atom is -0.381 e. The largest absolute Gasteiger partial charge is 0.381 e. The maximum Gasteiger partial charge on any atom is 0.238 e. The molecule has 0 spiro atoms. The highest BCUT2D eigenvalue weighted by molar-refractivity contribution is 5.92. The predicted molar refractivity (Wildman–Crippen MR) is 84.7 cm³/mol. The number of rotatable bonds is 4. The number of benzene rings is 1. The molecule has 1 aliphatic heterocycles. The van der Waals surface area contributed by atoms with E-state index < -0.39 is 11.6 Å². The minimum atomic E-state index is -0.777. The van der Waals surface area contributed by atoms with Crippen molar-refractivity contribution in [2.24, 2.45) is 0 Å². The highest BCUT2D eigenvalue weighted by atomic mass is 19.1. The topological polar surface area (TPSA) is 50.8 Å². The molecule has 24 heavy (non-hydrogen) atoms. The first-order valence-corrected chi connectivity index (χ1v) is 8.20. The zero-order valence-corrected chi connectivity index (χ0v) is 13.6. The molecule has 0 bridgehead atoms. The summed E-state index contributed by atoms with van der Waals surface area (Å²) in [5.41, 5.74) is -0.00961. The van der Waals surface area contributed by atoms with E-state index in [4.69, 9.17) is 9.47 Å². The van der Waals surface area contributed by atoms with Gasteiger partial charge in [0.2, 0.25) is 5.91 Å². The molecule has 0 radical (unpaired) electrons. The second-order valence-corrected chi connectivity index (χ2v) is 6.29. The molecule has 1 aliphatic carbocycles. The van der Waals surface area contributed by atoms with Gasteiger partial charge in [-0.05, 0) is 31.4 Å². The Balaban J connectivity index is 1.62. The number of methoxy groups -OCH3 is 1. The van der Waals surface area contributed by atoms with E-state index in [9.17, 15) is 13.6 Å². The van der Waals surface area contributed by atoms with Gasteiger partial charge in [-0.1, -0.05) is 0 Å². The summed E-state index contributed by atoms with van der Waals surface area (Å²) in [7, 11) is 1.70. The molecule has 2 fully saturated rings. The van der Waals surface area contributed by atoms with Gasteiger partial charge in [0.05, 0.1) is 31.0 Å². The molecule has 0 aromatic heterocycles. The van der Waals surface area contributed by atoms with Gasteiger partial charge >= 0.3 is 0 Å². The van der Waals surface area contributed by atoms with Crippen LogP contribution in [-0.2, 0) is 14.3 Å². The Labute approximate surface area is 139 Å². The van der Waals surface area contributed by atoms with E-state index in [2.05, 4.69) is 10.2 Å². The summed E-state index contributed by atoms with van der Waals surface area (Å²) in [6.07, 6.45) is 2.97. The zero-order valence-electron chi connectivity index (χ0n) is 13.6. The fourth-order valence-corrected chi connectivity index (χ4v) is 3.52. The number of anilines is 1. The summed E-state index contributed by atoms with van der Waals surface area (Å²) in [6, 6.07) is 3.23. The average Bonchev–Trinajstić information content (AvgIpc) is 2.57. The van der Waals surface area contributed by atoms with Crippen molar-refractivity contribution >= 4 is 11.6 Å². The maximum absolute atomic E-state index is 13.7. The van der Waals surface area contributed by atoms with E-state index in [1.807, 2.05) is 0 Å². The lowest BCUT2D eigenvalue weighted by molar-refractivity contribution is -0.130. The average molecular weight is 340 g/mol. The van der Waals surface area contributed by atoms with Crippen molar-refractivity contribution in [2.75, 3.05) is 32.1 Å². The molecule has 5 nitrogen and oxygen atoms in total. The number of halogens is 2.